The number of aromatic nitrogens is 5. The number of benzene rings is 1. The highest BCUT2D eigenvalue weighted by Crippen LogP contribution is 2.35. The zero-order valence-corrected chi connectivity index (χ0v) is 16.3. The van der Waals surface area contributed by atoms with Crippen molar-refractivity contribution in [2.45, 2.75) is 19.5 Å². The van der Waals surface area contributed by atoms with E-state index in [0.29, 0.717) is 19.8 Å². The summed E-state index contributed by atoms with van der Waals surface area (Å²) in [5.74, 6) is 1.70. The van der Waals surface area contributed by atoms with Gasteiger partial charge in [0.1, 0.15) is 18.7 Å². The van der Waals surface area contributed by atoms with Gasteiger partial charge in [0.25, 0.3) is 0 Å². The summed E-state index contributed by atoms with van der Waals surface area (Å²) in [7, 11) is 0. The molecule has 0 amide bonds. The maximum atomic E-state index is 5.76. The zero-order valence-electron chi connectivity index (χ0n) is 15.5. The Morgan fingerprint density at radius 2 is 2.07 bits per heavy atom. The maximum Gasteiger partial charge on any atom is 0.175 e. The number of aryl methyl sites for hydroxylation is 1. The van der Waals surface area contributed by atoms with E-state index in [0.717, 1.165) is 28.4 Å². The summed E-state index contributed by atoms with van der Waals surface area (Å²) in [5.41, 5.74) is 3.39. The van der Waals surface area contributed by atoms with E-state index in [9.17, 15) is 0 Å². The highest BCUT2D eigenvalue weighted by Gasteiger charge is 2.30. The van der Waals surface area contributed by atoms with Gasteiger partial charge in [-0.15, -0.1) is 11.3 Å². The van der Waals surface area contributed by atoms with Crippen molar-refractivity contribution in [3.63, 3.8) is 0 Å². The molecule has 4 heterocycles. The molecular weight excluding hydrogens is 372 g/mol. The summed E-state index contributed by atoms with van der Waals surface area (Å²) in [6.07, 6.45) is 3.44. The second-order valence-corrected chi connectivity index (χ2v) is 7.74. The van der Waals surface area contributed by atoms with E-state index in [1.807, 2.05) is 22.9 Å². The average molecular weight is 392 g/mol. The monoisotopic (exact) mass is 392 g/mol. The third-order valence-electron chi connectivity index (χ3n) is 4.95. The number of hydrogen-bond donors (Lipinski definition) is 0. The van der Waals surface area contributed by atoms with Crippen LogP contribution in [0.25, 0.3) is 10.2 Å². The molecule has 0 radical (unpaired) electrons. The van der Waals surface area contributed by atoms with Crippen LogP contribution in [0.3, 0.4) is 0 Å². The van der Waals surface area contributed by atoms with E-state index in [4.69, 9.17) is 9.84 Å². The molecule has 8 heteroatoms. The number of ether oxygens (including phenoxy) is 1. The second-order valence-electron chi connectivity index (χ2n) is 6.86. The van der Waals surface area contributed by atoms with Gasteiger partial charge in [-0.1, -0.05) is 30.3 Å². The highest BCUT2D eigenvalue weighted by atomic mass is 32.1. The number of anilines is 1. The summed E-state index contributed by atoms with van der Waals surface area (Å²) in [5, 5.41) is 6.86. The molecule has 0 saturated carbocycles. The number of thiophene rings is 1. The van der Waals surface area contributed by atoms with Crippen LogP contribution in [0.5, 0.6) is 0 Å². The fraction of sp³-hybridized carbons (Fsp3) is 0.300. The molecule has 1 saturated heterocycles. The lowest BCUT2D eigenvalue weighted by Crippen LogP contribution is -2.40. The molecule has 0 bridgehead atoms. The molecule has 1 aliphatic heterocycles. The zero-order chi connectivity index (χ0) is 18.9. The molecule has 0 spiro atoms. The van der Waals surface area contributed by atoms with Gasteiger partial charge in [0.05, 0.1) is 30.0 Å². The normalized spacial score (nSPS) is 17.3. The minimum absolute atomic E-state index is 0.0636. The fourth-order valence-electron chi connectivity index (χ4n) is 3.54. The highest BCUT2D eigenvalue weighted by molar-refractivity contribution is 7.18. The minimum atomic E-state index is -0.0636. The van der Waals surface area contributed by atoms with Crippen molar-refractivity contribution in [3.8, 4) is 0 Å². The van der Waals surface area contributed by atoms with E-state index in [-0.39, 0.29) is 6.04 Å². The summed E-state index contributed by atoms with van der Waals surface area (Å²) in [6, 6.07) is 10.2. The molecular formula is C20H20N6OS. The van der Waals surface area contributed by atoms with E-state index < -0.39 is 0 Å². The Kier molecular flexibility index (Phi) is 4.50. The Morgan fingerprint density at radius 1 is 1.18 bits per heavy atom. The Hall–Kier alpha value is -2.84. The minimum Gasteiger partial charge on any atom is -0.377 e. The van der Waals surface area contributed by atoms with E-state index in [1.165, 1.54) is 11.1 Å². The van der Waals surface area contributed by atoms with E-state index in [1.54, 1.807) is 24.0 Å². The van der Waals surface area contributed by atoms with Crippen LogP contribution in [-0.2, 0) is 11.3 Å². The van der Waals surface area contributed by atoms with Crippen LogP contribution in [0, 0.1) is 6.92 Å². The average Bonchev–Trinajstić information content (AvgIpc) is 3.36. The van der Waals surface area contributed by atoms with Gasteiger partial charge in [-0.05, 0) is 23.4 Å². The SMILES string of the molecule is Cc1csc2c(N3CCOCC3c3ncn(Cc4ccccc4)n3)ncnc12. The van der Waals surface area contributed by atoms with Gasteiger partial charge in [0, 0.05) is 6.54 Å². The molecule has 1 fully saturated rings. The Labute approximate surface area is 166 Å². The first-order valence-electron chi connectivity index (χ1n) is 9.26. The lowest BCUT2D eigenvalue weighted by molar-refractivity contribution is 0.0914. The first kappa shape index (κ1) is 17.3. The molecule has 28 heavy (non-hydrogen) atoms. The first-order valence-corrected chi connectivity index (χ1v) is 10.1. The molecule has 1 aromatic carbocycles. The molecule has 4 aromatic rings. The maximum absolute atomic E-state index is 5.76. The third-order valence-corrected chi connectivity index (χ3v) is 6.04. The lowest BCUT2D eigenvalue weighted by Gasteiger charge is -2.34. The summed E-state index contributed by atoms with van der Waals surface area (Å²) < 4.78 is 8.75. The number of rotatable bonds is 4. The number of hydrogen-bond acceptors (Lipinski definition) is 7. The van der Waals surface area contributed by atoms with Crippen molar-refractivity contribution >= 4 is 27.4 Å². The number of morpholine rings is 1. The van der Waals surface area contributed by atoms with Crippen LogP contribution >= 0.6 is 11.3 Å². The van der Waals surface area contributed by atoms with Crippen molar-refractivity contribution in [2.24, 2.45) is 0 Å². The van der Waals surface area contributed by atoms with Gasteiger partial charge in [-0.25, -0.2) is 19.6 Å². The number of fused-ring (bicyclic) bond motifs is 1. The van der Waals surface area contributed by atoms with Crippen molar-refractivity contribution in [1.82, 2.24) is 24.7 Å². The van der Waals surface area contributed by atoms with E-state index >= 15 is 0 Å². The third kappa shape index (κ3) is 3.14. The number of nitrogens with zero attached hydrogens (tertiary/aromatic N) is 6. The van der Waals surface area contributed by atoms with Gasteiger partial charge in [-0.2, -0.15) is 5.10 Å². The van der Waals surface area contributed by atoms with E-state index in [2.05, 4.69) is 44.3 Å². The van der Waals surface area contributed by atoms with Crippen LogP contribution in [0.2, 0.25) is 0 Å². The molecule has 1 aliphatic rings. The molecule has 3 aromatic heterocycles. The predicted octanol–water partition coefficient (Wildman–Crippen LogP) is 3.22. The molecule has 0 N–H and O–H groups in total. The lowest BCUT2D eigenvalue weighted by atomic mass is 10.2. The van der Waals surface area contributed by atoms with Crippen LogP contribution in [0.1, 0.15) is 23.0 Å². The van der Waals surface area contributed by atoms with Crippen molar-refractivity contribution < 1.29 is 4.74 Å². The smallest absolute Gasteiger partial charge is 0.175 e. The largest absolute Gasteiger partial charge is 0.377 e. The Morgan fingerprint density at radius 3 is 2.96 bits per heavy atom. The van der Waals surface area contributed by atoms with Gasteiger partial charge >= 0.3 is 0 Å². The summed E-state index contributed by atoms with van der Waals surface area (Å²) in [4.78, 5) is 15.9. The van der Waals surface area contributed by atoms with Gasteiger partial charge < -0.3 is 9.64 Å². The second kappa shape index (κ2) is 7.29. The molecule has 1 unspecified atom stereocenters. The van der Waals surface area contributed by atoms with Crippen LogP contribution in [0.4, 0.5) is 5.82 Å². The Bertz CT molecular complexity index is 1090. The van der Waals surface area contributed by atoms with Crippen LogP contribution < -0.4 is 4.90 Å². The topological polar surface area (TPSA) is 69.0 Å². The molecule has 7 nitrogen and oxygen atoms in total. The molecule has 0 aliphatic carbocycles. The van der Waals surface area contributed by atoms with Crippen molar-refractivity contribution in [2.75, 3.05) is 24.7 Å². The summed E-state index contributed by atoms with van der Waals surface area (Å²) >= 11 is 1.68. The Balaban J connectivity index is 1.46. The van der Waals surface area contributed by atoms with Crippen molar-refractivity contribution in [3.05, 3.63) is 65.3 Å². The van der Waals surface area contributed by atoms with Crippen LogP contribution in [-0.4, -0.2) is 44.5 Å². The van der Waals surface area contributed by atoms with Gasteiger partial charge in [-0.3, -0.25) is 0 Å². The molecule has 1 atom stereocenters. The predicted molar refractivity (Wildman–Crippen MR) is 109 cm³/mol. The molecule has 142 valence electrons. The summed E-state index contributed by atoms with van der Waals surface area (Å²) in [6.45, 7) is 4.74. The fourth-order valence-corrected chi connectivity index (χ4v) is 4.55. The molecule has 5 rings (SSSR count). The quantitative estimate of drug-likeness (QED) is 0.531. The standard InChI is InChI=1S/C20H20N6OS/c1-14-11-28-18-17(14)21-12-22-20(18)26-7-8-27-10-16(26)19-23-13-25(24-19)9-15-5-3-2-4-6-15/h2-6,11-13,16H,7-10H2,1H3. The van der Waals surface area contributed by atoms with Crippen molar-refractivity contribution in [1.29, 1.82) is 0 Å². The van der Waals surface area contributed by atoms with Gasteiger partial charge in [0.15, 0.2) is 11.6 Å². The first-order chi connectivity index (χ1) is 13.8. The van der Waals surface area contributed by atoms with Gasteiger partial charge in [0.2, 0.25) is 0 Å². The van der Waals surface area contributed by atoms with Crippen LogP contribution in [0.15, 0.2) is 48.4 Å².